The summed E-state index contributed by atoms with van der Waals surface area (Å²) in [6.07, 6.45) is 0. The Kier molecular flexibility index (Phi) is 4.86. The molecule has 0 spiro atoms. The lowest BCUT2D eigenvalue weighted by atomic mass is 10.2. The summed E-state index contributed by atoms with van der Waals surface area (Å²) in [6.45, 7) is 1.20. The average molecular weight is 375 g/mol. The number of anilines is 1. The quantitative estimate of drug-likeness (QED) is 0.832. The lowest BCUT2D eigenvalue weighted by Crippen LogP contribution is -2.03. The summed E-state index contributed by atoms with van der Waals surface area (Å²) in [5, 5.41) is 3.34. The van der Waals surface area contributed by atoms with E-state index in [-0.39, 0.29) is 0 Å². The van der Waals surface area contributed by atoms with Gasteiger partial charge in [0.2, 0.25) is 0 Å². The highest BCUT2D eigenvalue weighted by Crippen LogP contribution is 2.26. The molecule has 0 saturated carbocycles. The van der Waals surface area contributed by atoms with Crippen molar-refractivity contribution < 1.29 is 9.15 Å². The van der Waals surface area contributed by atoms with Crippen LogP contribution in [0.3, 0.4) is 0 Å². The van der Waals surface area contributed by atoms with Crippen LogP contribution < -0.4 is 5.32 Å². The number of nitrogens with one attached hydrogen (secondary N) is 1. The number of furan rings is 1. The maximum absolute atomic E-state index is 5.45. The Bertz CT molecular complexity index is 525. The normalized spacial score (nSPS) is 10.6. The van der Waals surface area contributed by atoms with Crippen molar-refractivity contribution in [3.05, 3.63) is 50.8 Å². The molecule has 2 aromatic rings. The van der Waals surface area contributed by atoms with Crippen molar-refractivity contribution in [1.82, 2.24) is 0 Å². The fourth-order valence-electron chi connectivity index (χ4n) is 1.64. The molecule has 0 bridgehead atoms. The van der Waals surface area contributed by atoms with E-state index in [9.17, 15) is 0 Å². The van der Waals surface area contributed by atoms with Crippen molar-refractivity contribution in [2.24, 2.45) is 0 Å². The van der Waals surface area contributed by atoms with Crippen LogP contribution in [0.1, 0.15) is 11.3 Å². The molecule has 96 valence electrons. The van der Waals surface area contributed by atoms with Gasteiger partial charge in [0.05, 0.1) is 13.2 Å². The fourth-order valence-corrected chi connectivity index (χ4v) is 2.47. The summed E-state index contributed by atoms with van der Waals surface area (Å²) in [5.74, 6) is 0.880. The first-order valence-corrected chi connectivity index (χ1v) is 7.03. The molecule has 0 fully saturated rings. The van der Waals surface area contributed by atoms with Crippen molar-refractivity contribution in [3.63, 3.8) is 0 Å². The van der Waals surface area contributed by atoms with Crippen LogP contribution in [0.4, 0.5) is 5.69 Å². The maximum Gasteiger partial charge on any atom is 0.169 e. The van der Waals surface area contributed by atoms with E-state index in [1.54, 1.807) is 7.11 Å². The molecule has 1 aromatic carbocycles. The molecule has 0 aliphatic carbocycles. The van der Waals surface area contributed by atoms with Gasteiger partial charge in [-0.05, 0) is 40.2 Å². The van der Waals surface area contributed by atoms with E-state index >= 15 is 0 Å². The maximum atomic E-state index is 5.45. The summed E-state index contributed by atoms with van der Waals surface area (Å²) >= 11 is 6.81. The monoisotopic (exact) mass is 373 g/mol. The first-order valence-electron chi connectivity index (χ1n) is 5.45. The zero-order valence-corrected chi connectivity index (χ0v) is 13.0. The SMILES string of the molecule is COCc1c(Br)cccc1NCc1ccc(Br)o1. The minimum atomic E-state index is 0.561. The summed E-state index contributed by atoms with van der Waals surface area (Å²) in [5.41, 5.74) is 2.14. The second kappa shape index (κ2) is 6.41. The van der Waals surface area contributed by atoms with E-state index in [2.05, 4.69) is 37.2 Å². The molecule has 0 aliphatic heterocycles. The Balaban J connectivity index is 2.11. The molecule has 0 saturated heterocycles. The standard InChI is InChI=1S/C13H13Br2NO2/c1-17-8-10-11(14)3-2-4-12(10)16-7-9-5-6-13(15)18-9/h2-6,16H,7-8H2,1H3. The van der Waals surface area contributed by atoms with Crippen molar-refractivity contribution in [1.29, 1.82) is 0 Å². The van der Waals surface area contributed by atoms with Crippen LogP contribution in [0.2, 0.25) is 0 Å². The first kappa shape index (κ1) is 13.6. The first-order chi connectivity index (χ1) is 8.70. The van der Waals surface area contributed by atoms with Crippen molar-refractivity contribution in [3.8, 4) is 0 Å². The molecule has 1 aromatic heterocycles. The number of methoxy groups -OCH3 is 1. The van der Waals surface area contributed by atoms with Crippen molar-refractivity contribution >= 4 is 37.5 Å². The van der Waals surface area contributed by atoms with Gasteiger partial charge in [0, 0.05) is 22.8 Å². The lowest BCUT2D eigenvalue weighted by Gasteiger charge is -2.12. The van der Waals surface area contributed by atoms with Gasteiger partial charge in [0.1, 0.15) is 5.76 Å². The van der Waals surface area contributed by atoms with E-state index in [0.29, 0.717) is 13.2 Å². The largest absolute Gasteiger partial charge is 0.452 e. The van der Waals surface area contributed by atoms with E-state index in [1.807, 2.05) is 30.3 Å². The zero-order valence-electron chi connectivity index (χ0n) is 9.87. The van der Waals surface area contributed by atoms with Gasteiger partial charge in [-0.3, -0.25) is 0 Å². The molecule has 3 nitrogen and oxygen atoms in total. The van der Waals surface area contributed by atoms with Gasteiger partial charge in [-0.1, -0.05) is 22.0 Å². The van der Waals surface area contributed by atoms with E-state index < -0.39 is 0 Å². The minimum absolute atomic E-state index is 0.561. The van der Waals surface area contributed by atoms with Crippen molar-refractivity contribution in [2.45, 2.75) is 13.2 Å². The third-order valence-corrected chi connectivity index (χ3v) is 3.66. The number of hydrogen-bond donors (Lipinski definition) is 1. The molecule has 1 N–H and O–H groups in total. The van der Waals surface area contributed by atoms with Gasteiger partial charge in [0.25, 0.3) is 0 Å². The number of benzene rings is 1. The molecule has 2 rings (SSSR count). The molecular formula is C13H13Br2NO2. The highest BCUT2D eigenvalue weighted by molar-refractivity contribution is 9.10. The average Bonchev–Trinajstić information content (AvgIpc) is 2.76. The van der Waals surface area contributed by atoms with Crippen LogP contribution >= 0.6 is 31.9 Å². The number of halogens is 2. The summed E-state index contributed by atoms with van der Waals surface area (Å²) in [4.78, 5) is 0. The Morgan fingerprint density at radius 2 is 2.06 bits per heavy atom. The zero-order chi connectivity index (χ0) is 13.0. The van der Waals surface area contributed by atoms with Gasteiger partial charge in [-0.15, -0.1) is 0 Å². The molecule has 5 heteroatoms. The third kappa shape index (κ3) is 3.37. The van der Waals surface area contributed by atoms with Crippen LogP contribution in [-0.2, 0) is 17.9 Å². The predicted molar refractivity (Wildman–Crippen MR) is 78.6 cm³/mol. The molecule has 0 aliphatic rings. The van der Waals surface area contributed by atoms with Gasteiger partial charge >= 0.3 is 0 Å². The molecule has 0 atom stereocenters. The fraction of sp³-hybridized carbons (Fsp3) is 0.231. The van der Waals surface area contributed by atoms with Crippen LogP contribution in [-0.4, -0.2) is 7.11 Å². The highest BCUT2D eigenvalue weighted by Gasteiger charge is 2.07. The van der Waals surface area contributed by atoms with Crippen LogP contribution in [0.25, 0.3) is 0 Å². The molecule has 0 unspecified atom stereocenters. The number of rotatable bonds is 5. The van der Waals surface area contributed by atoms with Gasteiger partial charge in [0.15, 0.2) is 4.67 Å². The topological polar surface area (TPSA) is 34.4 Å². The molecule has 0 radical (unpaired) electrons. The lowest BCUT2D eigenvalue weighted by molar-refractivity contribution is 0.185. The number of ether oxygens (including phenoxy) is 1. The highest BCUT2D eigenvalue weighted by atomic mass is 79.9. The van der Waals surface area contributed by atoms with Crippen LogP contribution in [0, 0.1) is 0 Å². The number of hydrogen-bond acceptors (Lipinski definition) is 3. The predicted octanol–water partition coefficient (Wildman–Crippen LogP) is 4.56. The van der Waals surface area contributed by atoms with Gasteiger partial charge in [-0.25, -0.2) is 0 Å². The van der Waals surface area contributed by atoms with Crippen LogP contribution in [0.15, 0.2) is 43.9 Å². The van der Waals surface area contributed by atoms with Crippen molar-refractivity contribution in [2.75, 3.05) is 12.4 Å². The van der Waals surface area contributed by atoms with E-state index in [4.69, 9.17) is 9.15 Å². The van der Waals surface area contributed by atoms with Crippen LogP contribution in [0.5, 0.6) is 0 Å². The Morgan fingerprint density at radius 1 is 1.22 bits per heavy atom. The molecule has 18 heavy (non-hydrogen) atoms. The summed E-state index contributed by atoms with van der Waals surface area (Å²) < 4.78 is 12.4. The smallest absolute Gasteiger partial charge is 0.169 e. The molecule has 0 amide bonds. The Hall–Kier alpha value is -0.780. The second-order valence-electron chi connectivity index (χ2n) is 3.76. The second-order valence-corrected chi connectivity index (χ2v) is 5.39. The van der Waals surface area contributed by atoms with Gasteiger partial charge in [-0.2, -0.15) is 0 Å². The van der Waals surface area contributed by atoms with Gasteiger partial charge < -0.3 is 14.5 Å². The van der Waals surface area contributed by atoms with E-state index in [0.717, 1.165) is 26.2 Å². The summed E-state index contributed by atoms with van der Waals surface area (Å²) in [6, 6.07) is 9.84. The minimum Gasteiger partial charge on any atom is -0.452 e. The Morgan fingerprint density at radius 3 is 2.72 bits per heavy atom. The third-order valence-electron chi connectivity index (χ3n) is 2.49. The Labute approximate surface area is 123 Å². The molecular weight excluding hydrogens is 362 g/mol. The molecule has 1 heterocycles. The van der Waals surface area contributed by atoms with E-state index in [1.165, 1.54) is 0 Å². The summed E-state index contributed by atoms with van der Waals surface area (Å²) in [7, 11) is 1.69.